The Bertz CT molecular complexity index is 1180. The van der Waals surface area contributed by atoms with Gasteiger partial charge in [0, 0.05) is 63.0 Å². The van der Waals surface area contributed by atoms with E-state index in [0.29, 0.717) is 18.7 Å². The highest BCUT2D eigenvalue weighted by atomic mass is 19.1. The summed E-state index contributed by atoms with van der Waals surface area (Å²) >= 11 is 0. The van der Waals surface area contributed by atoms with Gasteiger partial charge in [-0.1, -0.05) is 18.2 Å². The van der Waals surface area contributed by atoms with Gasteiger partial charge in [-0.15, -0.1) is 0 Å². The molecule has 182 valence electrons. The summed E-state index contributed by atoms with van der Waals surface area (Å²) in [5.41, 5.74) is 2.22. The molecule has 0 bridgehead atoms. The lowest BCUT2D eigenvalue weighted by Crippen LogP contribution is -2.48. The molecule has 7 heteroatoms. The van der Waals surface area contributed by atoms with Gasteiger partial charge in [0.05, 0.1) is 0 Å². The van der Waals surface area contributed by atoms with E-state index in [0.717, 1.165) is 44.0 Å². The topological polar surface area (TPSA) is 26.8 Å². The molecule has 2 atom stereocenters. The molecule has 0 spiro atoms. The molecule has 2 aliphatic rings. The van der Waals surface area contributed by atoms with E-state index in [-0.39, 0.29) is 29.4 Å². The summed E-state index contributed by atoms with van der Waals surface area (Å²) in [6.07, 6.45) is 0. The van der Waals surface area contributed by atoms with Crippen LogP contribution in [-0.4, -0.2) is 61.5 Å². The molecule has 3 aromatic carbocycles. The number of nitrogens with zero attached hydrogens (tertiary/aromatic N) is 3. The molecule has 0 saturated carbocycles. The number of likely N-dealkylation sites (tertiary alicyclic amines) is 1. The molecule has 2 fully saturated rings. The Balaban J connectivity index is 1.29. The largest absolute Gasteiger partial charge is 0.369 e. The van der Waals surface area contributed by atoms with Crippen molar-refractivity contribution in [1.29, 1.82) is 0 Å². The second-order valence-electron chi connectivity index (χ2n) is 9.41. The predicted molar refractivity (Wildman–Crippen MR) is 130 cm³/mol. The predicted octanol–water partition coefficient (Wildman–Crippen LogP) is 4.78. The average Bonchev–Trinajstić information content (AvgIpc) is 3.28. The van der Waals surface area contributed by atoms with Crippen molar-refractivity contribution in [2.24, 2.45) is 5.92 Å². The number of rotatable bonds is 5. The van der Waals surface area contributed by atoms with Crippen LogP contribution in [0, 0.1) is 23.4 Å². The van der Waals surface area contributed by atoms with E-state index < -0.39 is 5.82 Å². The van der Waals surface area contributed by atoms with Gasteiger partial charge >= 0.3 is 0 Å². The summed E-state index contributed by atoms with van der Waals surface area (Å²) < 4.78 is 41.0. The molecule has 35 heavy (non-hydrogen) atoms. The van der Waals surface area contributed by atoms with Crippen LogP contribution in [0.15, 0.2) is 72.8 Å². The van der Waals surface area contributed by atoms with Crippen LogP contribution >= 0.6 is 0 Å². The summed E-state index contributed by atoms with van der Waals surface area (Å²) in [6, 6.07) is 18.9. The number of benzene rings is 3. The summed E-state index contributed by atoms with van der Waals surface area (Å²) in [5.74, 6) is -1.04. The SMILES string of the molecule is O=C(c1cccc(F)c1)N1CC(CN2CCN(c3ccc(F)cc3)CC2)C(c2cccc(F)c2)C1. The lowest BCUT2D eigenvalue weighted by Gasteiger charge is -2.37. The zero-order chi connectivity index (χ0) is 24.4. The van der Waals surface area contributed by atoms with Crippen molar-refractivity contribution in [3.63, 3.8) is 0 Å². The van der Waals surface area contributed by atoms with Crippen LogP contribution in [0.3, 0.4) is 0 Å². The summed E-state index contributed by atoms with van der Waals surface area (Å²) in [4.78, 5) is 19.5. The lowest BCUT2D eigenvalue weighted by molar-refractivity contribution is 0.0782. The molecule has 2 aliphatic heterocycles. The first-order valence-corrected chi connectivity index (χ1v) is 12.0. The van der Waals surface area contributed by atoms with E-state index in [1.807, 2.05) is 6.07 Å². The van der Waals surface area contributed by atoms with Crippen molar-refractivity contribution in [3.05, 3.63) is 101 Å². The van der Waals surface area contributed by atoms with Crippen molar-refractivity contribution in [2.75, 3.05) is 50.7 Å². The van der Waals surface area contributed by atoms with Crippen LogP contribution in [0.4, 0.5) is 18.9 Å². The number of halogens is 3. The van der Waals surface area contributed by atoms with Gasteiger partial charge in [0.15, 0.2) is 0 Å². The fourth-order valence-corrected chi connectivity index (χ4v) is 5.31. The summed E-state index contributed by atoms with van der Waals surface area (Å²) in [6.45, 7) is 5.14. The smallest absolute Gasteiger partial charge is 0.253 e. The Labute approximate surface area is 203 Å². The maximum atomic E-state index is 14.0. The molecule has 2 saturated heterocycles. The fraction of sp³-hybridized carbons (Fsp3) is 0.321. The van der Waals surface area contributed by atoms with Crippen molar-refractivity contribution in [2.45, 2.75) is 5.92 Å². The van der Waals surface area contributed by atoms with Crippen LogP contribution in [0.2, 0.25) is 0 Å². The molecular weight excluding hydrogens is 451 g/mol. The Hall–Kier alpha value is -3.32. The minimum absolute atomic E-state index is 0.00154. The maximum Gasteiger partial charge on any atom is 0.253 e. The standard InChI is InChI=1S/C28H28F3N3O/c29-23-7-9-26(10-8-23)33-13-11-32(12-14-33)17-22-18-34(28(35)21-4-2-6-25(31)16-21)19-27(22)20-3-1-5-24(30)15-20/h1-10,15-16,22,27H,11-14,17-19H2. The average molecular weight is 480 g/mol. The van der Waals surface area contributed by atoms with Crippen molar-refractivity contribution in [3.8, 4) is 0 Å². The highest BCUT2D eigenvalue weighted by Gasteiger charge is 2.38. The third-order valence-electron chi connectivity index (χ3n) is 7.13. The van der Waals surface area contributed by atoms with E-state index >= 15 is 0 Å². The third-order valence-corrected chi connectivity index (χ3v) is 7.13. The number of hydrogen-bond acceptors (Lipinski definition) is 3. The highest BCUT2D eigenvalue weighted by Crippen LogP contribution is 2.35. The molecule has 0 N–H and O–H groups in total. The number of piperazine rings is 1. The normalized spacial score (nSPS) is 20.9. The summed E-state index contributed by atoms with van der Waals surface area (Å²) in [7, 11) is 0. The van der Waals surface area contributed by atoms with E-state index in [1.165, 1.54) is 30.3 Å². The zero-order valence-electron chi connectivity index (χ0n) is 19.4. The highest BCUT2D eigenvalue weighted by molar-refractivity contribution is 5.94. The van der Waals surface area contributed by atoms with Gasteiger partial charge in [0.2, 0.25) is 0 Å². The molecule has 0 aliphatic carbocycles. The lowest BCUT2D eigenvalue weighted by atomic mass is 9.88. The second-order valence-corrected chi connectivity index (χ2v) is 9.41. The van der Waals surface area contributed by atoms with Gasteiger partial charge < -0.3 is 9.80 Å². The van der Waals surface area contributed by atoms with E-state index in [1.54, 1.807) is 41.3 Å². The van der Waals surface area contributed by atoms with Crippen molar-refractivity contribution < 1.29 is 18.0 Å². The molecule has 2 unspecified atom stereocenters. The molecule has 2 heterocycles. The number of hydrogen-bond donors (Lipinski definition) is 0. The summed E-state index contributed by atoms with van der Waals surface area (Å²) in [5, 5.41) is 0. The first kappa shape index (κ1) is 23.4. The van der Waals surface area contributed by atoms with Crippen LogP contribution in [0.1, 0.15) is 21.8 Å². The maximum absolute atomic E-state index is 14.0. The van der Waals surface area contributed by atoms with Crippen LogP contribution in [0.5, 0.6) is 0 Å². The first-order valence-electron chi connectivity index (χ1n) is 12.0. The third kappa shape index (κ3) is 5.35. The van der Waals surface area contributed by atoms with E-state index in [4.69, 9.17) is 0 Å². The van der Waals surface area contributed by atoms with E-state index in [9.17, 15) is 18.0 Å². The number of carbonyl (C=O) groups is 1. The molecular formula is C28H28F3N3O. The second kappa shape index (κ2) is 10.1. The van der Waals surface area contributed by atoms with Gasteiger partial charge in [-0.05, 0) is 66.1 Å². The molecule has 1 amide bonds. The Kier molecular flexibility index (Phi) is 6.77. The van der Waals surface area contributed by atoms with Gasteiger partial charge in [-0.25, -0.2) is 13.2 Å². The van der Waals surface area contributed by atoms with Gasteiger partial charge in [0.1, 0.15) is 17.5 Å². The molecule has 0 aromatic heterocycles. The minimum Gasteiger partial charge on any atom is -0.369 e. The number of carbonyl (C=O) groups excluding carboxylic acids is 1. The number of amides is 1. The Morgan fingerprint density at radius 1 is 0.771 bits per heavy atom. The molecule has 0 radical (unpaired) electrons. The quantitative estimate of drug-likeness (QED) is 0.527. The van der Waals surface area contributed by atoms with Gasteiger partial charge in [-0.3, -0.25) is 9.69 Å². The van der Waals surface area contributed by atoms with Crippen molar-refractivity contribution >= 4 is 11.6 Å². The van der Waals surface area contributed by atoms with Gasteiger partial charge in [0.25, 0.3) is 5.91 Å². The van der Waals surface area contributed by atoms with Crippen LogP contribution < -0.4 is 4.90 Å². The van der Waals surface area contributed by atoms with Gasteiger partial charge in [-0.2, -0.15) is 0 Å². The fourth-order valence-electron chi connectivity index (χ4n) is 5.31. The monoisotopic (exact) mass is 479 g/mol. The van der Waals surface area contributed by atoms with Crippen molar-refractivity contribution in [1.82, 2.24) is 9.80 Å². The Morgan fingerprint density at radius 2 is 1.46 bits per heavy atom. The minimum atomic E-state index is -0.438. The van der Waals surface area contributed by atoms with Crippen LogP contribution in [0.25, 0.3) is 0 Å². The molecule has 3 aromatic rings. The van der Waals surface area contributed by atoms with Crippen LogP contribution in [-0.2, 0) is 0 Å². The molecule has 4 nitrogen and oxygen atoms in total. The van der Waals surface area contributed by atoms with E-state index in [2.05, 4.69) is 9.80 Å². The Morgan fingerprint density at radius 3 is 2.14 bits per heavy atom. The molecule has 5 rings (SSSR count). The zero-order valence-corrected chi connectivity index (χ0v) is 19.4. The number of anilines is 1. The first-order chi connectivity index (χ1) is 17.0.